The zero-order chi connectivity index (χ0) is 12.5. The number of hydrogen-bond donors (Lipinski definition) is 2. The molecule has 3 N–H and O–H groups in total. The van der Waals surface area contributed by atoms with E-state index in [-0.39, 0.29) is 11.9 Å². The largest absolute Gasteiger partial charge is 0.390 e. The fourth-order valence-electron chi connectivity index (χ4n) is 2.39. The molecule has 17 heavy (non-hydrogen) atoms. The second-order valence-electron chi connectivity index (χ2n) is 4.97. The number of benzene rings is 1. The first-order valence-corrected chi connectivity index (χ1v) is 6.28. The van der Waals surface area contributed by atoms with Crippen LogP contribution in [0.1, 0.15) is 31.2 Å². The zero-order valence-corrected chi connectivity index (χ0v) is 10.4. The molecule has 1 saturated carbocycles. The highest BCUT2D eigenvalue weighted by atomic mass is 35.5. The first-order valence-electron chi connectivity index (χ1n) is 5.90. The van der Waals surface area contributed by atoms with Crippen molar-refractivity contribution in [2.75, 3.05) is 0 Å². The summed E-state index contributed by atoms with van der Waals surface area (Å²) in [6, 6.07) is 4.61. The highest BCUT2D eigenvalue weighted by Gasteiger charge is 2.32. The molecule has 1 aromatic carbocycles. The van der Waals surface area contributed by atoms with E-state index in [1.54, 1.807) is 6.07 Å². The minimum absolute atomic E-state index is 0.166. The van der Waals surface area contributed by atoms with Gasteiger partial charge in [-0.15, -0.1) is 0 Å². The third kappa shape index (κ3) is 3.18. The summed E-state index contributed by atoms with van der Waals surface area (Å²) in [4.78, 5) is 0. The van der Waals surface area contributed by atoms with Crippen molar-refractivity contribution in [3.05, 3.63) is 34.6 Å². The SMILES string of the molecule is NC1CCC(O)(Cc2cc(Cl)ccc2F)CC1. The van der Waals surface area contributed by atoms with Crippen LogP contribution in [0.25, 0.3) is 0 Å². The number of aliphatic hydroxyl groups is 1. The topological polar surface area (TPSA) is 46.2 Å². The molecular weight excluding hydrogens is 241 g/mol. The predicted octanol–water partition coefficient (Wildman–Crippen LogP) is 2.65. The van der Waals surface area contributed by atoms with Crippen LogP contribution in [-0.2, 0) is 6.42 Å². The molecular formula is C13H17ClFNO. The Hall–Kier alpha value is -0.640. The van der Waals surface area contributed by atoms with Crippen LogP contribution in [0.4, 0.5) is 4.39 Å². The lowest BCUT2D eigenvalue weighted by Gasteiger charge is -2.35. The standard InChI is InChI=1S/C13H17ClFNO/c14-10-1-2-12(15)9(7-10)8-13(17)5-3-11(16)4-6-13/h1-2,7,11,17H,3-6,8,16H2. The van der Waals surface area contributed by atoms with Crippen LogP contribution < -0.4 is 5.73 Å². The lowest BCUT2D eigenvalue weighted by molar-refractivity contribution is -0.000451. The summed E-state index contributed by atoms with van der Waals surface area (Å²) in [5.74, 6) is -0.308. The van der Waals surface area contributed by atoms with Crippen molar-refractivity contribution in [1.82, 2.24) is 0 Å². The fourth-order valence-corrected chi connectivity index (χ4v) is 2.58. The van der Waals surface area contributed by atoms with Crippen molar-refractivity contribution in [2.45, 2.75) is 43.7 Å². The molecule has 1 fully saturated rings. The lowest BCUT2D eigenvalue weighted by Crippen LogP contribution is -2.40. The van der Waals surface area contributed by atoms with Crippen LogP contribution in [0, 0.1) is 5.82 Å². The van der Waals surface area contributed by atoms with Gasteiger partial charge in [0.2, 0.25) is 0 Å². The van der Waals surface area contributed by atoms with Crippen molar-refractivity contribution in [2.24, 2.45) is 5.73 Å². The van der Waals surface area contributed by atoms with Crippen LogP contribution in [0.2, 0.25) is 5.02 Å². The maximum Gasteiger partial charge on any atom is 0.126 e. The maximum absolute atomic E-state index is 13.6. The van der Waals surface area contributed by atoms with E-state index in [1.807, 2.05) is 0 Å². The molecule has 4 heteroatoms. The Morgan fingerprint density at radius 2 is 2.06 bits per heavy atom. The minimum Gasteiger partial charge on any atom is -0.390 e. The van der Waals surface area contributed by atoms with Gasteiger partial charge in [0.05, 0.1) is 5.60 Å². The van der Waals surface area contributed by atoms with Gasteiger partial charge in [-0.2, -0.15) is 0 Å². The van der Waals surface area contributed by atoms with Crippen LogP contribution >= 0.6 is 11.6 Å². The Kier molecular flexibility index (Phi) is 3.71. The van der Waals surface area contributed by atoms with Crippen molar-refractivity contribution in [1.29, 1.82) is 0 Å². The van der Waals surface area contributed by atoms with Crippen LogP contribution in [-0.4, -0.2) is 16.7 Å². The molecule has 0 heterocycles. The predicted molar refractivity (Wildman–Crippen MR) is 66.5 cm³/mol. The van der Waals surface area contributed by atoms with Crippen molar-refractivity contribution in [3.63, 3.8) is 0 Å². The van der Waals surface area contributed by atoms with E-state index in [0.717, 1.165) is 12.8 Å². The molecule has 0 atom stereocenters. The van der Waals surface area contributed by atoms with Crippen LogP contribution in [0.5, 0.6) is 0 Å². The molecule has 1 aliphatic rings. The summed E-state index contributed by atoms with van der Waals surface area (Å²) in [6.45, 7) is 0. The molecule has 0 bridgehead atoms. The van der Waals surface area contributed by atoms with E-state index in [2.05, 4.69) is 0 Å². The van der Waals surface area contributed by atoms with Gasteiger partial charge in [0.25, 0.3) is 0 Å². The summed E-state index contributed by atoms with van der Waals surface area (Å²) in [6.07, 6.45) is 3.14. The Bertz CT molecular complexity index is 402. The summed E-state index contributed by atoms with van der Waals surface area (Å²) >= 11 is 5.83. The second-order valence-corrected chi connectivity index (χ2v) is 5.41. The van der Waals surface area contributed by atoms with E-state index >= 15 is 0 Å². The Balaban J connectivity index is 2.12. The first kappa shape index (κ1) is 12.8. The molecule has 0 saturated heterocycles. The summed E-state index contributed by atoms with van der Waals surface area (Å²) in [5, 5.41) is 10.9. The van der Waals surface area contributed by atoms with Gasteiger partial charge in [0.15, 0.2) is 0 Å². The lowest BCUT2D eigenvalue weighted by atomic mass is 9.79. The minimum atomic E-state index is -0.832. The molecule has 1 aromatic rings. The fraction of sp³-hybridized carbons (Fsp3) is 0.538. The number of halogens is 2. The quantitative estimate of drug-likeness (QED) is 0.856. The van der Waals surface area contributed by atoms with E-state index in [1.165, 1.54) is 12.1 Å². The first-order chi connectivity index (χ1) is 7.98. The van der Waals surface area contributed by atoms with E-state index in [9.17, 15) is 9.50 Å². The molecule has 1 aliphatic carbocycles. The van der Waals surface area contributed by atoms with Gasteiger partial charge in [0.1, 0.15) is 5.82 Å². The van der Waals surface area contributed by atoms with Crippen molar-refractivity contribution >= 4 is 11.6 Å². The Morgan fingerprint density at radius 1 is 1.41 bits per heavy atom. The summed E-state index contributed by atoms with van der Waals surface area (Å²) in [5.41, 5.74) is 5.45. The average molecular weight is 258 g/mol. The molecule has 0 unspecified atom stereocenters. The van der Waals surface area contributed by atoms with Gasteiger partial charge < -0.3 is 10.8 Å². The second kappa shape index (κ2) is 4.92. The van der Waals surface area contributed by atoms with E-state index in [4.69, 9.17) is 17.3 Å². The maximum atomic E-state index is 13.6. The average Bonchev–Trinajstić information content (AvgIpc) is 2.28. The molecule has 94 valence electrons. The summed E-state index contributed by atoms with van der Waals surface area (Å²) in [7, 11) is 0. The normalized spacial score (nSPS) is 29.3. The molecule has 0 aliphatic heterocycles. The highest BCUT2D eigenvalue weighted by molar-refractivity contribution is 6.30. The van der Waals surface area contributed by atoms with Gasteiger partial charge in [0, 0.05) is 17.5 Å². The van der Waals surface area contributed by atoms with Crippen molar-refractivity contribution in [3.8, 4) is 0 Å². The van der Waals surface area contributed by atoms with Gasteiger partial charge in [-0.05, 0) is 49.4 Å². The molecule has 2 nitrogen and oxygen atoms in total. The Labute approximate surface area is 106 Å². The third-order valence-electron chi connectivity index (χ3n) is 3.49. The van der Waals surface area contributed by atoms with Gasteiger partial charge in [-0.1, -0.05) is 11.6 Å². The summed E-state index contributed by atoms with van der Waals surface area (Å²) < 4.78 is 13.6. The van der Waals surface area contributed by atoms with Crippen LogP contribution in [0.3, 0.4) is 0 Å². The number of rotatable bonds is 2. The molecule has 0 aromatic heterocycles. The monoisotopic (exact) mass is 257 g/mol. The number of nitrogens with two attached hydrogens (primary N) is 1. The zero-order valence-electron chi connectivity index (χ0n) is 9.63. The molecule has 0 radical (unpaired) electrons. The molecule has 0 spiro atoms. The van der Waals surface area contributed by atoms with Gasteiger partial charge in [-0.3, -0.25) is 0 Å². The molecule has 2 rings (SSSR count). The molecule has 0 amide bonds. The Morgan fingerprint density at radius 3 is 2.71 bits per heavy atom. The third-order valence-corrected chi connectivity index (χ3v) is 3.72. The van der Waals surface area contributed by atoms with Gasteiger partial charge >= 0.3 is 0 Å². The van der Waals surface area contributed by atoms with E-state index in [0.29, 0.717) is 29.8 Å². The highest BCUT2D eigenvalue weighted by Crippen LogP contribution is 2.32. The van der Waals surface area contributed by atoms with Crippen molar-refractivity contribution < 1.29 is 9.50 Å². The van der Waals surface area contributed by atoms with Gasteiger partial charge in [-0.25, -0.2) is 4.39 Å². The number of hydrogen-bond acceptors (Lipinski definition) is 2. The van der Waals surface area contributed by atoms with E-state index < -0.39 is 5.60 Å². The smallest absolute Gasteiger partial charge is 0.126 e. The van der Waals surface area contributed by atoms with Crippen LogP contribution in [0.15, 0.2) is 18.2 Å².